The van der Waals surface area contributed by atoms with E-state index in [2.05, 4.69) is 28.9 Å². The van der Waals surface area contributed by atoms with Crippen LogP contribution in [0.3, 0.4) is 0 Å². The molecule has 1 saturated carbocycles. The molecule has 1 aromatic carbocycles. The molecule has 0 N–H and O–H groups in total. The van der Waals surface area contributed by atoms with Gasteiger partial charge in [-0.2, -0.15) is 10.2 Å². The van der Waals surface area contributed by atoms with E-state index >= 15 is 0 Å². The fourth-order valence-electron chi connectivity index (χ4n) is 4.44. The quantitative estimate of drug-likeness (QED) is 0.425. The lowest BCUT2D eigenvalue weighted by molar-refractivity contribution is -0.126. The lowest BCUT2D eigenvalue weighted by Gasteiger charge is -2.23. The third-order valence-electron chi connectivity index (χ3n) is 6.26. The Kier molecular flexibility index (Phi) is 5.42. The van der Waals surface area contributed by atoms with Crippen LogP contribution in [0.4, 0.5) is 0 Å². The van der Waals surface area contributed by atoms with Crippen LogP contribution in [0.15, 0.2) is 67.8 Å². The minimum atomic E-state index is -0.0677. The molecule has 0 bridgehead atoms. The summed E-state index contributed by atoms with van der Waals surface area (Å²) in [4.78, 5) is 18.7. The maximum Gasteiger partial charge on any atom is 0.245 e. The average Bonchev–Trinajstić information content (AvgIpc) is 3.58. The fraction of sp³-hybridized carbons (Fsp3) is 0.280. The first-order valence-electron chi connectivity index (χ1n) is 11.0. The first kappa shape index (κ1) is 20.9. The summed E-state index contributed by atoms with van der Waals surface area (Å²) in [5, 5.41) is 8.88. The number of rotatable bonds is 6. The molecule has 0 unspecified atom stereocenters. The van der Waals surface area contributed by atoms with Crippen LogP contribution in [0, 0.1) is 0 Å². The number of amides is 1. The van der Waals surface area contributed by atoms with Crippen LogP contribution in [0.5, 0.6) is 5.88 Å². The van der Waals surface area contributed by atoms with Crippen LogP contribution in [0.1, 0.15) is 19.3 Å². The molecule has 0 radical (unpaired) electrons. The topological polar surface area (TPSA) is 77.6 Å². The Morgan fingerprint density at radius 1 is 1.15 bits per heavy atom. The minimum Gasteiger partial charge on any atom is -0.473 e. The molecule has 1 aliphatic rings. The van der Waals surface area contributed by atoms with Crippen molar-refractivity contribution in [2.24, 2.45) is 7.05 Å². The van der Waals surface area contributed by atoms with Gasteiger partial charge in [-0.25, -0.2) is 9.50 Å². The van der Waals surface area contributed by atoms with E-state index in [4.69, 9.17) is 9.72 Å². The smallest absolute Gasteiger partial charge is 0.245 e. The highest BCUT2D eigenvalue weighted by molar-refractivity contribution is 5.87. The summed E-state index contributed by atoms with van der Waals surface area (Å²) in [6.45, 7) is 3.60. The number of aromatic nitrogens is 5. The van der Waals surface area contributed by atoms with E-state index in [0.29, 0.717) is 5.88 Å². The van der Waals surface area contributed by atoms with E-state index < -0.39 is 0 Å². The third-order valence-corrected chi connectivity index (χ3v) is 6.26. The number of aryl methyl sites for hydroxylation is 1. The van der Waals surface area contributed by atoms with Gasteiger partial charge in [0.25, 0.3) is 0 Å². The van der Waals surface area contributed by atoms with Gasteiger partial charge in [-0.1, -0.05) is 36.9 Å². The molecule has 1 amide bonds. The highest BCUT2D eigenvalue weighted by Gasteiger charge is 2.31. The molecule has 8 nitrogen and oxygen atoms in total. The lowest BCUT2D eigenvalue weighted by atomic mass is 10.1. The first-order chi connectivity index (χ1) is 16.0. The van der Waals surface area contributed by atoms with Gasteiger partial charge in [0.1, 0.15) is 11.6 Å². The van der Waals surface area contributed by atoms with Gasteiger partial charge in [0.15, 0.2) is 0 Å². The molecule has 0 spiro atoms. The van der Waals surface area contributed by atoms with E-state index in [1.807, 2.05) is 55.4 Å². The van der Waals surface area contributed by atoms with E-state index in [1.165, 1.54) is 6.08 Å². The Hall–Kier alpha value is -3.94. The summed E-state index contributed by atoms with van der Waals surface area (Å²) in [6.07, 6.45) is 11.2. The van der Waals surface area contributed by atoms with Gasteiger partial charge >= 0.3 is 0 Å². The Balaban J connectivity index is 1.53. The van der Waals surface area contributed by atoms with Crippen LogP contribution < -0.4 is 4.74 Å². The van der Waals surface area contributed by atoms with Gasteiger partial charge in [-0.3, -0.25) is 9.48 Å². The summed E-state index contributed by atoms with van der Waals surface area (Å²) in [7, 11) is 3.70. The summed E-state index contributed by atoms with van der Waals surface area (Å²) < 4.78 is 10.1. The summed E-state index contributed by atoms with van der Waals surface area (Å²) >= 11 is 0. The van der Waals surface area contributed by atoms with Crippen molar-refractivity contribution in [1.82, 2.24) is 29.3 Å². The number of hydrogen-bond acceptors (Lipinski definition) is 5. The largest absolute Gasteiger partial charge is 0.473 e. The molecule has 1 aliphatic carbocycles. The Labute approximate surface area is 192 Å². The van der Waals surface area contributed by atoms with Gasteiger partial charge in [-0.15, -0.1) is 0 Å². The molecule has 5 rings (SSSR count). The molecule has 8 heteroatoms. The summed E-state index contributed by atoms with van der Waals surface area (Å²) in [5.74, 6) is 0.470. The lowest BCUT2D eigenvalue weighted by Crippen LogP contribution is -2.34. The molecule has 2 atom stereocenters. The van der Waals surface area contributed by atoms with Crippen molar-refractivity contribution in [2.75, 3.05) is 7.05 Å². The molecule has 1 fully saturated rings. The highest BCUT2D eigenvalue weighted by atomic mass is 16.5. The van der Waals surface area contributed by atoms with Crippen molar-refractivity contribution >= 4 is 11.4 Å². The second kappa shape index (κ2) is 8.54. The van der Waals surface area contributed by atoms with Crippen LogP contribution >= 0.6 is 0 Å². The van der Waals surface area contributed by atoms with Crippen molar-refractivity contribution in [3.8, 4) is 28.3 Å². The molecular weight excluding hydrogens is 416 g/mol. The molecule has 33 heavy (non-hydrogen) atoms. The zero-order valence-corrected chi connectivity index (χ0v) is 18.8. The van der Waals surface area contributed by atoms with Gasteiger partial charge in [0, 0.05) is 43.9 Å². The maximum absolute atomic E-state index is 12.0. The van der Waals surface area contributed by atoms with Gasteiger partial charge in [-0.05, 0) is 24.5 Å². The van der Waals surface area contributed by atoms with Crippen LogP contribution in [-0.4, -0.2) is 54.4 Å². The second-order valence-corrected chi connectivity index (χ2v) is 8.41. The number of carbonyl (C=O) groups excluding carboxylic acids is 1. The highest BCUT2D eigenvalue weighted by Crippen LogP contribution is 2.35. The van der Waals surface area contributed by atoms with Crippen molar-refractivity contribution in [3.63, 3.8) is 0 Å². The molecule has 168 valence electrons. The number of carbonyl (C=O) groups is 1. The number of benzene rings is 1. The zero-order valence-electron chi connectivity index (χ0n) is 18.8. The molecule has 0 saturated heterocycles. The van der Waals surface area contributed by atoms with Crippen LogP contribution in [0.25, 0.3) is 27.9 Å². The number of likely N-dealkylation sites (N-methyl/N-ethyl adjacent to an activating group) is 1. The number of nitrogens with zero attached hydrogens (tertiary/aromatic N) is 6. The van der Waals surface area contributed by atoms with Crippen LogP contribution in [0.2, 0.25) is 0 Å². The number of ether oxygens (including phenoxy) is 1. The predicted molar refractivity (Wildman–Crippen MR) is 126 cm³/mol. The fourth-order valence-corrected chi connectivity index (χ4v) is 4.44. The number of fused-ring (bicyclic) bond motifs is 1. The molecule has 3 heterocycles. The van der Waals surface area contributed by atoms with Gasteiger partial charge in [0.2, 0.25) is 11.8 Å². The van der Waals surface area contributed by atoms with Crippen molar-refractivity contribution in [1.29, 1.82) is 0 Å². The Morgan fingerprint density at radius 2 is 1.97 bits per heavy atom. The summed E-state index contributed by atoms with van der Waals surface area (Å²) in [6, 6.07) is 10.2. The zero-order chi connectivity index (χ0) is 22.9. The SMILES string of the molecule is C=CC(=O)N(C)[C@@H]1CC[C@H](Oc2nc(-c3cnn(C)c3)cn3ncc(-c4ccccc4)c23)C1. The Morgan fingerprint density at radius 3 is 2.70 bits per heavy atom. The van der Waals surface area contributed by atoms with E-state index in [-0.39, 0.29) is 18.1 Å². The molecule has 0 aliphatic heterocycles. The van der Waals surface area contributed by atoms with E-state index in [0.717, 1.165) is 47.2 Å². The molecule has 4 aromatic rings. The maximum atomic E-state index is 12.0. The van der Waals surface area contributed by atoms with Crippen molar-refractivity contribution < 1.29 is 9.53 Å². The molecular formula is C25H26N6O2. The monoisotopic (exact) mass is 442 g/mol. The van der Waals surface area contributed by atoms with Gasteiger partial charge in [0.05, 0.1) is 24.3 Å². The normalized spacial score (nSPS) is 17.9. The van der Waals surface area contributed by atoms with Gasteiger partial charge < -0.3 is 9.64 Å². The average molecular weight is 443 g/mol. The summed E-state index contributed by atoms with van der Waals surface area (Å²) in [5.41, 5.74) is 4.47. The third kappa shape index (κ3) is 4.00. The second-order valence-electron chi connectivity index (χ2n) is 8.41. The van der Waals surface area contributed by atoms with E-state index in [1.54, 1.807) is 15.8 Å². The predicted octanol–water partition coefficient (Wildman–Crippen LogP) is 3.74. The first-order valence-corrected chi connectivity index (χ1v) is 11.0. The molecule has 3 aromatic heterocycles. The number of hydrogen-bond donors (Lipinski definition) is 0. The van der Waals surface area contributed by atoms with Crippen molar-refractivity contribution in [2.45, 2.75) is 31.4 Å². The van der Waals surface area contributed by atoms with Crippen LogP contribution in [-0.2, 0) is 11.8 Å². The van der Waals surface area contributed by atoms with E-state index in [9.17, 15) is 4.79 Å². The Bertz CT molecular complexity index is 1310. The minimum absolute atomic E-state index is 0.0472. The van der Waals surface area contributed by atoms with Crippen molar-refractivity contribution in [3.05, 3.63) is 67.8 Å². The standard InChI is InChI=1S/C25H26N6O2/c1-4-23(32)30(3)19-10-11-20(12-19)33-25-24-21(17-8-6-5-7-9-17)14-27-31(24)16-22(28-25)18-13-26-29(2)15-18/h4-9,13-16,19-20H,1,10-12H2,2-3H3/t19-,20+/m1/s1.